The molecule has 4 nitrogen and oxygen atoms in total. The van der Waals surface area contributed by atoms with Crippen molar-refractivity contribution in [1.82, 2.24) is 4.90 Å². The predicted molar refractivity (Wildman–Crippen MR) is 79.9 cm³/mol. The normalized spacial score (nSPS) is 13.3. The molecule has 1 aromatic rings. The summed E-state index contributed by atoms with van der Waals surface area (Å²) in [5, 5.41) is 17.8. The summed E-state index contributed by atoms with van der Waals surface area (Å²) in [6, 6.07) is 6.42. The van der Waals surface area contributed by atoms with Crippen LogP contribution in [0.2, 0.25) is 0 Å². The number of hydrogen-bond donors (Lipinski definition) is 2. The van der Waals surface area contributed by atoms with Crippen LogP contribution in [-0.4, -0.2) is 53.1 Å². The zero-order chi connectivity index (χ0) is 14.4. The number of benzene rings is 1. The molecule has 1 aromatic carbocycles. The summed E-state index contributed by atoms with van der Waals surface area (Å²) in [6.07, 6.45) is 3.53. The summed E-state index contributed by atoms with van der Waals surface area (Å²) < 4.78 is 0. The molecule has 20 heavy (non-hydrogen) atoms. The van der Waals surface area contributed by atoms with Crippen molar-refractivity contribution in [2.75, 3.05) is 32.1 Å². The van der Waals surface area contributed by atoms with Gasteiger partial charge in [0.25, 0.3) is 0 Å². The van der Waals surface area contributed by atoms with Crippen molar-refractivity contribution < 1.29 is 15.0 Å². The zero-order valence-corrected chi connectivity index (χ0v) is 12.4. The molecular weight excluding hydrogens is 274 g/mol. The number of amides is 1. The monoisotopic (exact) mass is 295 g/mol. The molecule has 0 aromatic heterocycles. The highest BCUT2D eigenvalue weighted by molar-refractivity contribution is 8.00. The number of aliphatic hydroxyl groups excluding tert-OH is 2. The largest absolute Gasteiger partial charge is 0.395 e. The van der Waals surface area contributed by atoms with Gasteiger partial charge in [-0.25, -0.2) is 0 Å². The summed E-state index contributed by atoms with van der Waals surface area (Å²) in [4.78, 5) is 14.6. The summed E-state index contributed by atoms with van der Waals surface area (Å²) in [5.74, 6) is 0.303. The Hall–Kier alpha value is -1.04. The second-order valence-electron chi connectivity index (χ2n) is 4.90. The van der Waals surface area contributed by atoms with Gasteiger partial charge < -0.3 is 15.1 Å². The maximum atomic E-state index is 12.0. The van der Waals surface area contributed by atoms with Gasteiger partial charge in [-0.15, -0.1) is 11.8 Å². The number of carbonyl (C=O) groups is 1. The van der Waals surface area contributed by atoms with Gasteiger partial charge in [0.15, 0.2) is 0 Å². The maximum Gasteiger partial charge on any atom is 0.233 e. The third-order valence-corrected chi connectivity index (χ3v) is 4.50. The van der Waals surface area contributed by atoms with Gasteiger partial charge in [0, 0.05) is 18.0 Å². The van der Waals surface area contributed by atoms with Gasteiger partial charge in [0.05, 0.1) is 19.0 Å². The molecule has 0 unspecified atom stereocenters. The second-order valence-corrected chi connectivity index (χ2v) is 5.95. The lowest BCUT2D eigenvalue weighted by Crippen LogP contribution is -2.37. The molecule has 110 valence electrons. The Balaban J connectivity index is 1.89. The van der Waals surface area contributed by atoms with Crippen LogP contribution in [0.3, 0.4) is 0 Å². The van der Waals surface area contributed by atoms with E-state index < -0.39 is 0 Å². The Labute approximate surface area is 123 Å². The molecule has 1 amide bonds. The zero-order valence-electron chi connectivity index (χ0n) is 11.5. The molecule has 1 aliphatic carbocycles. The highest BCUT2D eigenvalue weighted by atomic mass is 32.2. The van der Waals surface area contributed by atoms with Gasteiger partial charge in [0.2, 0.25) is 5.91 Å². The maximum absolute atomic E-state index is 12.0. The molecule has 2 N–H and O–H groups in total. The van der Waals surface area contributed by atoms with Crippen LogP contribution in [0.25, 0.3) is 0 Å². The first-order valence-corrected chi connectivity index (χ1v) is 7.97. The first-order chi connectivity index (χ1) is 9.74. The molecule has 0 saturated carbocycles. The van der Waals surface area contributed by atoms with Gasteiger partial charge in [-0.1, -0.05) is 6.07 Å². The van der Waals surface area contributed by atoms with Gasteiger partial charge >= 0.3 is 0 Å². The van der Waals surface area contributed by atoms with Gasteiger partial charge in [-0.3, -0.25) is 4.79 Å². The standard InChI is InChI=1S/C15H21NO3S/c17-8-6-16(7-9-18)15(19)11-20-14-5-4-12-2-1-3-13(12)10-14/h4-5,10,17-18H,1-3,6-9,11H2. The van der Waals surface area contributed by atoms with E-state index >= 15 is 0 Å². The van der Waals surface area contributed by atoms with Gasteiger partial charge in [0.1, 0.15) is 0 Å². The van der Waals surface area contributed by atoms with Crippen LogP contribution in [0.15, 0.2) is 23.1 Å². The average Bonchev–Trinajstić information content (AvgIpc) is 2.92. The lowest BCUT2D eigenvalue weighted by atomic mass is 10.1. The summed E-state index contributed by atoms with van der Waals surface area (Å²) in [6.45, 7) is 0.415. The van der Waals surface area contributed by atoms with Crippen LogP contribution >= 0.6 is 11.8 Å². The predicted octanol–water partition coefficient (Wildman–Crippen LogP) is 1.08. The molecule has 0 heterocycles. The van der Waals surface area contributed by atoms with Crippen LogP contribution in [0.1, 0.15) is 17.5 Å². The van der Waals surface area contributed by atoms with Crippen molar-refractivity contribution >= 4 is 17.7 Å². The quantitative estimate of drug-likeness (QED) is 0.739. The minimum Gasteiger partial charge on any atom is -0.395 e. The van der Waals surface area contributed by atoms with Crippen molar-refractivity contribution in [2.45, 2.75) is 24.2 Å². The highest BCUT2D eigenvalue weighted by Crippen LogP contribution is 2.27. The van der Waals surface area contributed by atoms with Crippen molar-refractivity contribution in [3.05, 3.63) is 29.3 Å². The molecule has 1 aliphatic rings. The van der Waals surface area contributed by atoms with Crippen molar-refractivity contribution in [3.8, 4) is 0 Å². The minimum absolute atomic E-state index is 0.0430. The number of hydrogen-bond acceptors (Lipinski definition) is 4. The van der Waals surface area contributed by atoms with Crippen LogP contribution in [0.4, 0.5) is 0 Å². The number of aliphatic hydroxyl groups is 2. The van der Waals surface area contributed by atoms with Crippen molar-refractivity contribution in [3.63, 3.8) is 0 Å². The van der Waals surface area contributed by atoms with E-state index in [-0.39, 0.29) is 32.2 Å². The lowest BCUT2D eigenvalue weighted by molar-refractivity contribution is -0.129. The number of aryl methyl sites for hydroxylation is 2. The topological polar surface area (TPSA) is 60.8 Å². The van der Waals surface area contributed by atoms with Crippen molar-refractivity contribution in [1.29, 1.82) is 0 Å². The summed E-state index contributed by atoms with van der Waals surface area (Å²) >= 11 is 1.52. The molecular formula is C15H21NO3S. The number of fused-ring (bicyclic) bond motifs is 1. The summed E-state index contributed by atoms with van der Waals surface area (Å²) in [7, 11) is 0. The van der Waals surface area contributed by atoms with Crippen LogP contribution < -0.4 is 0 Å². The minimum atomic E-state index is -0.0742. The first-order valence-electron chi connectivity index (χ1n) is 6.98. The highest BCUT2D eigenvalue weighted by Gasteiger charge is 2.14. The number of nitrogens with zero attached hydrogens (tertiary/aromatic N) is 1. The Kier molecular flexibility index (Phi) is 5.88. The van der Waals surface area contributed by atoms with Gasteiger partial charge in [-0.05, 0) is 42.5 Å². The third-order valence-electron chi connectivity index (χ3n) is 3.52. The van der Waals surface area contributed by atoms with E-state index in [0.29, 0.717) is 5.75 Å². The Morgan fingerprint density at radius 2 is 1.85 bits per heavy atom. The van der Waals surface area contributed by atoms with Crippen LogP contribution in [0, 0.1) is 0 Å². The van der Waals surface area contributed by atoms with E-state index in [1.165, 1.54) is 40.6 Å². The van der Waals surface area contributed by atoms with E-state index in [0.717, 1.165) is 11.3 Å². The number of rotatable bonds is 7. The van der Waals surface area contributed by atoms with E-state index in [1.54, 1.807) is 0 Å². The Morgan fingerprint density at radius 1 is 1.15 bits per heavy atom. The molecule has 0 bridgehead atoms. The molecule has 0 fully saturated rings. The van der Waals surface area contributed by atoms with E-state index in [1.807, 2.05) is 0 Å². The first kappa shape index (κ1) is 15.4. The lowest BCUT2D eigenvalue weighted by Gasteiger charge is -2.20. The average molecular weight is 295 g/mol. The van der Waals surface area contributed by atoms with Crippen molar-refractivity contribution in [2.24, 2.45) is 0 Å². The smallest absolute Gasteiger partial charge is 0.233 e. The van der Waals surface area contributed by atoms with Crippen LogP contribution in [0.5, 0.6) is 0 Å². The van der Waals surface area contributed by atoms with Crippen LogP contribution in [-0.2, 0) is 17.6 Å². The van der Waals surface area contributed by atoms with E-state index in [2.05, 4.69) is 18.2 Å². The molecule has 0 atom stereocenters. The fraction of sp³-hybridized carbons (Fsp3) is 0.533. The molecule has 0 saturated heterocycles. The number of thioether (sulfide) groups is 1. The fourth-order valence-corrected chi connectivity index (χ4v) is 3.34. The molecule has 0 spiro atoms. The number of carbonyl (C=O) groups excluding carboxylic acids is 1. The SMILES string of the molecule is O=C(CSc1ccc2c(c1)CCC2)N(CCO)CCO. The Morgan fingerprint density at radius 3 is 2.55 bits per heavy atom. The third kappa shape index (κ3) is 3.98. The summed E-state index contributed by atoms with van der Waals surface area (Å²) in [5.41, 5.74) is 2.84. The molecule has 0 aliphatic heterocycles. The fourth-order valence-electron chi connectivity index (χ4n) is 2.48. The Bertz CT molecular complexity index is 458. The van der Waals surface area contributed by atoms with E-state index in [9.17, 15) is 4.79 Å². The molecule has 0 radical (unpaired) electrons. The van der Waals surface area contributed by atoms with E-state index in [4.69, 9.17) is 10.2 Å². The second kappa shape index (κ2) is 7.67. The molecule has 2 rings (SSSR count). The molecule has 5 heteroatoms. The van der Waals surface area contributed by atoms with Gasteiger partial charge in [-0.2, -0.15) is 0 Å².